The van der Waals surface area contributed by atoms with Gasteiger partial charge in [-0.05, 0) is 10.8 Å². The van der Waals surface area contributed by atoms with Crippen LogP contribution in [-0.2, 0) is 0 Å². The van der Waals surface area contributed by atoms with Gasteiger partial charge < -0.3 is 5.73 Å². The van der Waals surface area contributed by atoms with Crippen LogP contribution in [-0.4, -0.2) is 20.7 Å². The van der Waals surface area contributed by atoms with Crippen LogP contribution in [0.25, 0.3) is 10.8 Å². The van der Waals surface area contributed by atoms with E-state index in [0.717, 1.165) is 21.8 Å². The first-order valence-electron chi connectivity index (χ1n) is 4.74. The molecule has 15 heavy (non-hydrogen) atoms. The minimum atomic E-state index is 0.534. The van der Waals surface area contributed by atoms with Crippen molar-refractivity contribution >= 4 is 29.9 Å². The van der Waals surface area contributed by atoms with Crippen molar-refractivity contribution < 1.29 is 0 Å². The van der Waals surface area contributed by atoms with Crippen molar-refractivity contribution in [3.8, 4) is 0 Å². The number of nitrogens with two attached hydrogens (primary N) is 1. The molecule has 72 valence electrons. The third-order valence-electron chi connectivity index (χ3n) is 2.47. The Morgan fingerprint density at radius 1 is 1.13 bits per heavy atom. The lowest BCUT2D eigenvalue weighted by atomic mass is 9.88. The molecule has 0 spiro atoms. The summed E-state index contributed by atoms with van der Waals surface area (Å²) in [7, 11) is 7.57. The second kappa shape index (κ2) is 3.77. The van der Waals surface area contributed by atoms with Crippen molar-refractivity contribution in [2.24, 2.45) is 10.7 Å². The topological polar surface area (TPSA) is 38.4 Å². The summed E-state index contributed by atoms with van der Waals surface area (Å²) in [6, 6.07) is 11.7. The molecule has 2 aromatic rings. The molecule has 0 saturated heterocycles. The largest absolute Gasteiger partial charge is 0.383 e. The quantitative estimate of drug-likeness (QED) is 0.410. The van der Waals surface area contributed by atoms with Crippen LogP contribution in [0.3, 0.4) is 0 Å². The predicted molar refractivity (Wildman–Crippen MR) is 66.0 cm³/mol. The third-order valence-corrected chi connectivity index (χ3v) is 2.47. The summed E-state index contributed by atoms with van der Waals surface area (Å²) in [4.78, 5) is 3.99. The van der Waals surface area contributed by atoms with Gasteiger partial charge in [0.1, 0.15) is 13.7 Å². The Morgan fingerprint density at radius 2 is 1.80 bits per heavy atom. The molecule has 3 heteroatoms. The molecule has 0 unspecified atom stereocenters. The average Bonchev–Trinajstić information content (AvgIpc) is 2.29. The third kappa shape index (κ3) is 1.61. The molecule has 0 saturated carbocycles. The smallest absolute Gasteiger partial charge is 0.125 e. The Hall–Kier alpha value is -1.77. The molecule has 2 nitrogen and oxygen atoms in total. The summed E-state index contributed by atoms with van der Waals surface area (Å²) in [5, 5.41) is 2.06. The molecule has 0 heterocycles. The van der Waals surface area contributed by atoms with Gasteiger partial charge in [0.15, 0.2) is 0 Å². The van der Waals surface area contributed by atoms with E-state index in [2.05, 4.69) is 4.99 Å². The Labute approximate surface area is 90.2 Å². The summed E-state index contributed by atoms with van der Waals surface area (Å²) in [6.45, 7) is 0. The average molecular weight is 194 g/mol. The molecule has 2 rings (SSSR count). The van der Waals surface area contributed by atoms with E-state index in [1.54, 1.807) is 7.05 Å². The zero-order valence-corrected chi connectivity index (χ0v) is 8.57. The van der Waals surface area contributed by atoms with Crippen LogP contribution in [0, 0.1) is 0 Å². The van der Waals surface area contributed by atoms with E-state index in [-0.39, 0.29) is 0 Å². The van der Waals surface area contributed by atoms with Gasteiger partial charge in [-0.1, -0.05) is 41.9 Å². The summed E-state index contributed by atoms with van der Waals surface area (Å²) < 4.78 is 0. The number of fused-ring (bicyclic) bond motifs is 1. The van der Waals surface area contributed by atoms with Gasteiger partial charge in [-0.15, -0.1) is 0 Å². The minimum Gasteiger partial charge on any atom is -0.383 e. The van der Waals surface area contributed by atoms with Crippen LogP contribution < -0.4 is 11.2 Å². The highest BCUT2D eigenvalue weighted by atomic mass is 14.8. The van der Waals surface area contributed by atoms with E-state index in [9.17, 15) is 0 Å². The number of hydrogen-bond acceptors (Lipinski definition) is 1. The van der Waals surface area contributed by atoms with E-state index >= 15 is 0 Å². The van der Waals surface area contributed by atoms with Gasteiger partial charge >= 0.3 is 0 Å². The Bertz CT molecular complexity index is 532. The molecular weight excluding hydrogens is 183 g/mol. The van der Waals surface area contributed by atoms with Gasteiger partial charge in [-0.25, -0.2) is 0 Å². The van der Waals surface area contributed by atoms with E-state index < -0.39 is 0 Å². The van der Waals surface area contributed by atoms with E-state index in [0.29, 0.717) is 5.84 Å². The Balaban J connectivity index is 2.83. The maximum absolute atomic E-state index is 5.89. The Morgan fingerprint density at radius 3 is 2.47 bits per heavy atom. The van der Waals surface area contributed by atoms with Crippen molar-refractivity contribution in [3.05, 3.63) is 42.0 Å². The van der Waals surface area contributed by atoms with Crippen LogP contribution in [0.4, 0.5) is 0 Å². The fourth-order valence-electron chi connectivity index (χ4n) is 1.67. The molecule has 2 N–H and O–H groups in total. The van der Waals surface area contributed by atoms with Crippen LogP contribution in [0.1, 0.15) is 5.56 Å². The first-order chi connectivity index (χ1) is 7.24. The van der Waals surface area contributed by atoms with Gasteiger partial charge in [0.05, 0.1) is 0 Å². The SMILES string of the molecule is [B]c1ccc(C(N)=NC)c2ccccc12. The van der Waals surface area contributed by atoms with E-state index in [1.807, 2.05) is 36.4 Å². The standard InChI is InChI=1S/C12H11BN2/c1-15-12(14)10-6-7-11(13)9-5-3-2-4-8(9)10/h2-7H,1H3,(H2,14,15). The zero-order valence-electron chi connectivity index (χ0n) is 8.57. The monoisotopic (exact) mass is 194 g/mol. The number of aliphatic imine (C=N–C) groups is 1. The van der Waals surface area contributed by atoms with Gasteiger partial charge in [0.25, 0.3) is 0 Å². The zero-order chi connectivity index (χ0) is 10.8. The van der Waals surface area contributed by atoms with Gasteiger partial charge in [-0.3, -0.25) is 4.99 Å². The second-order valence-electron chi connectivity index (χ2n) is 3.36. The molecule has 2 radical (unpaired) electrons. The lowest BCUT2D eigenvalue weighted by Crippen LogP contribution is -2.15. The van der Waals surface area contributed by atoms with Crippen molar-refractivity contribution in [1.29, 1.82) is 0 Å². The molecule has 0 bridgehead atoms. The number of amidine groups is 1. The summed E-state index contributed by atoms with van der Waals surface area (Å²) >= 11 is 0. The summed E-state index contributed by atoms with van der Waals surface area (Å²) in [5.74, 6) is 0.534. The van der Waals surface area contributed by atoms with Crippen molar-refractivity contribution in [2.75, 3.05) is 7.05 Å². The molecule has 0 fully saturated rings. The first-order valence-corrected chi connectivity index (χ1v) is 4.74. The lowest BCUT2D eigenvalue weighted by molar-refractivity contribution is 1.40. The van der Waals surface area contributed by atoms with Crippen molar-refractivity contribution in [3.63, 3.8) is 0 Å². The van der Waals surface area contributed by atoms with Crippen molar-refractivity contribution in [2.45, 2.75) is 0 Å². The number of hydrogen-bond donors (Lipinski definition) is 1. The molecule has 2 aromatic carbocycles. The minimum absolute atomic E-state index is 0.534. The number of benzene rings is 2. The van der Waals surface area contributed by atoms with Crippen molar-refractivity contribution in [1.82, 2.24) is 0 Å². The maximum atomic E-state index is 5.89. The van der Waals surface area contributed by atoms with E-state index in [1.165, 1.54) is 0 Å². The van der Waals surface area contributed by atoms with Gasteiger partial charge in [0, 0.05) is 12.6 Å². The van der Waals surface area contributed by atoms with Gasteiger partial charge in [-0.2, -0.15) is 0 Å². The fraction of sp³-hybridized carbons (Fsp3) is 0.0833. The number of nitrogens with zero attached hydrogens (tertiary/aromatic N) is 1. The summed E-state index contributed by atoms with van der Waals surface area (Å²) in [5.41, 5.74) is 7.51. The van der Waals surface area contributed by atoms with Crippen LogP contribution in [0.15, 0.2) is 41.4 Å². The molecule has 0 aliphatic rings. The lowest BCUT2D eigenvalue weighted by Gasteiger charge is -2.08. The molecular formula is C12H11BN2. The summed E-state index contributed by atoms with van der Waals surface area (Å²) in [6.07, 6.45) is 0. The van der Waals surface area contributed by atoms with Crippen LogP contribution >= 0.6 is 0 Å². The fourth-order valence-corrected chi connectivity index (χ4v) is 1.67. The predicted octanol–water partition coefficient (Wildman–Crippen LogP) is 0.969. The molecule has 0 aliphatic carbocycles. The number of rotatable bonds is 1. The Kier molecular flexibility index (Phi) is 2.46. The van der Waals surface area contributed by atoms with Crippen LogP contribution in [0.2, 0.25) is 0 Å². The second-order valence-corrected chi connectivity index (χ2v) is 3.36. The maximum Gasteiger partial charge on any atom is 0.125 e. The highest BCUT2D eigenvalue weighted by Crippen LogP contribution is 2.16. The highest BCUT2D eigenvalue weighted by Gasteiger charge is 2.04. The molecule has 0 aromatic heterocycles. The van der Waals surface area contributed by atoms with Gasteiger partial charge in [0.2, 0.25) is 0 Å². The molecule has 0 aliphatic heterocycles. The first kappa shape index (κ1) is 9.78. The normalized spacial score (nSPS) is 11.9. The van der Waals surface area contributed by atoms with Crippen LogP contribution in [0.5, 0.6) is 0 Å². The highest BCUT2D eigenvalue weighted by molar-refractivity contribution is 6.39. The van der Waals surface area contributed by atoms with E-state index in [4.69, 9.17) is 13.6 Å². The molecule has 0 amide bonds. The molecule has 0 atom stereocenters.